The highest BCUT2D eigenvalue weighted by Crippen LogP contribution is 2.39. The molecule has 0 saturated carbocycles. The lowest BCUT2D eigenvalue weighted by Gasteiger charge is -2.26. The zero-order chi connectivity index (χ0) is 28.5. The minimum atomic E-state index is 1.03. The quantitative estimate of drug-likeness (QED) is 0.206. The van der Waals surface area contributed by atoms with Crippen molar-refractivity contribution in [2.75, 3.05) is 4.90 Å². The van der Waals surface area contributed by atoms with Gasteiger partial charge < -0.3 is 9.47 Å². The van der Waals surface area contributed by atoms with Crippen LogP contribution >= 0.6 is 0 Å². The molecule has 42 heavy (non-hydrogen) atoms. The second-order valence-electron chi connectivity index (χ2n) is 11.3. The first-order valence-corrected chi connectivity index (χ1v) is 15.1. The Morgan fingerprint density at radius 1 is 0.738 bits per heavy atom. The minimum Gasteiger partial charge on any atom is -0.313 e. The average molecular weight is 545 g/mol. The minimum absolute atomic E-state index is 1.03. The second kappa shape index (κ2) is 11.2. The van der Waals surface area contributed by atoms with Gasteiger partial charge in [-0.3, -0.25) is 0 Å². The summed E-state index contributed by atoms with van der Waals surface area (Å²) in [4.78, 5) is 2.34. The first kappa shape index (κ1) is 26.1. The Hall–Kier alpha value is -4.82. The van der Waals surface area contributed by atoms with Gasteiger partial charge in [0.2, 0.25) is 0 Å². The van der Waals surface area contributed by atoms with E-state index in [-0.39, 0.29) is 0 Å². The molecule has 0 fully saturated rings. The fourth-order valence-electron chi connectivity index (χ4n) is 6.52. The van der Waals surface area contributed by atoms with E-state index in [0.29, 0.717) is 0 Å². The van der Waals surface area contributed by atoms with Crippen LogP contribution in [-0.2, 0) is 6.42 Å². The number of fused-ring (bicyclic) bond motifs is 3. The van der Waals surface area contributed by atoms with Gasteiger partial charge in [0, 0.05) is 33.8 Å². The topological polar surface area (TPSA) is 8.17 Å². The van der Waals surface area contributed by atoms with Crippen LogP contribution in [0, 0.1) is 6.92 Å². The third-order valence-corrected chi connectivity index (χ3v) is 8.65. The predicted octanol–water partition coefficient (Wildman–Crippen LogP) is 11.1. The molecule has 0 radical (unpaired) electrons. The first-order chi connectivity index (χ1) is 20.7. The van der Waals surface area contributed by atoms with Crippen LogP contribution in [0.1, 0.15) is 54.1 Å². The molecule has 0 bridgehead atoms. The van der Waals surface area contributed by atoms with Crippen molar-refractivity contribution in [3.63, 3.8) is 0 Å². The average Bonchev–Trinajstić information content (AvgIpc) is 3.38. The molecule has 0 aliphatic heterocycles. The molecule has 0 atom stereocenters. The highest BCUT2D eigenvalue weighted by molar-refractivity contribution is 5.92. The Kier molecular flexibility index (Phi) is 6.97. The van der Waals surface area contributed by atoms with Gasteiger partial charge in [-0.1, -0.05) is 78.9 Å². The van der Waals surface area contributed by atoms with E-state index in [0.717, 1.165) is 42.7 Å². The maximum atomic E-state index is 2.50. The Labute approximate surface area is 249 Å². The summed E-state index contributed by atoms with van der Waals surface area (Å²) in [6.45, 7) is 4.24. The lowest BCUT2D eigenvalue weighted by Crippen LogP contribution is -2.10. The smallest absolute Gasteiger partial charge is 0.0534 e. The number of para-hydroxylation sites is 2. The van der Waals surface area contributed by atoms with Crippen LogP contribution < -0.4 is 4.90 Å². The summed E-state index contributed by atoms with van der Waals surface area (Å²) < 4.78 is 2.50. The zero-order valence-corrected chi connectivity index (χ0v) is 24.4. The monoisotopic (exact) mass is 544 g/mol. The van der Waals surface area contributed by atoms with E-state index in [9.17, 15) is 0 Å². The highest BCUT2D eigenvalue weighted by atomic mass is 15.1. The second-order valence-corrected chi connectivity index (χ2v) is 11.3. The molecule has 1 aromatic heterocycles. The summed E-state index contributed by atoms with van der Waals surface area (Å²) in [5.74, 6) is 0. The van der Waals surface area contributed by atoms with Gasteiger partial charge in [-0.2, -0.15) is 0 Å². The highest BCUT2D eigenvalue weighted by Gasteiger charge is 2.21. The van der Waals surface area contributed by atoms with Crippen LogP contribution in [0.15, 0.2) is 121 Å². The number of hydrogen-bond donors (Lipinski definition) is 0. The molecule has 2 aliphatic rings. The van der Waals surface area contributed by atoms with Crippen molar-refractivity contribution in [1.82, 2.24) is 4.57 Å². The van der Waals surface area contributed by atoms with Gasteiger partial charge in [-0.15, -0.1) is 0 Å². The third kappa shape index (κ3) is 4.73. The van der Waals surface area contributed by atoms with Crippen LogP contribution in [0.3, 0.4) is 0 Å². The first-order valence-electron chi connectivity index (χ1n) is 15.1. The van der Waals surface area contributed by atoms with E-state index in [1.54, 1.807) is 0 Å². The van der Waals surface area contributed by atoms with Crippen LogP contribution in [0.25, 0.3) is 34.3 Å². The molecule has 2 heteroatoms. The third-order valence-electron chi connectivity index (χ3n) is 8.65. The fraction of sp³-hybridized carbons (Fsp3) is 0.150. The number of nitrogens with zero attached hydrogens (tertiary/aromatic N) is 2. The largest absolute Gasteiger partial charge is 0.313 e. The van der Waals surface area contributed by atoms with Crippen LogP contribution in [0.4, 0.5) is 17.1 Å². The molecule has 0 N–H and O–H groups in total. The van der Waals surface area contributed by atoms with E-state index in [2.05, 4.69) is 157 Å². The van der Waals surface area contributed by atoms with Crippen LogP contribution in [-0.4, -0.2) is 4.57 Å². The summed E-state index contributed by atoms with van der Waals surface area (Å²) in [7, 11) is 0. The van der Waals surface area contributed by atoms with Gasteiger partial charge in [0.25, 0.3) is 0 Å². The summed E-state index contributed by atoms with van der Waals surface area (Å²) >= 11 is 0. The van der Waals surface area contributed by atoms with E-state index < -0.39 is 0 Å². The number of allylic oxidation sites excluding steroid dienone is 6. The number of anilines is 3. The van der Waals surface area contributed by atoms with Crippen LogP contribution in [0.2, 0.25) is 0 Å². The Morgan fingerprint density at radius 2 is 1.50 bits per heavy atom. The molecular formula is C40H36N2. The SMILES string of the molecule is C/C=C\c1cc(N(c2ccccc2)c2ccc(C3=CC=C(n4c5c(c6ccccc64)CCC=C5)CC3)cc2)ccc1C. The zero-order valence-electron chi connectivity index (χ0n) is 24.4. The van der Waals surface area contributed by atoms with Crippen LogP contribution in [0.5, 0.6) is 0 Å². The Bertz CT molecular complexity index is 1880. The van der Waals surface area contributed by atoms with E-state index in [4.69, 9.17) is 0 Å². The van der Waals surface area contributed by atoms with Gasteiger partial charge in [-0.05, 0) is 122 Å². The number of rotatable bonds is 6. The molecule has 5 aromatic rings. The normalized spacial score (nSPS) is 14.6. The summed E-state index contributed by atoms with van der Waals surface area (Å²) in [5, 5.41) is 1.40. The van der Waals surface area contributed by atoms with Gasteiger partial charge in [0.1, 0.15) is 0 Å². The molecule has 0 unspecified atom stereocenters. The molecular weight excluding hydrogens is 508 g/mol. The van der Waals surface area contributed by atoms with E-state index in [1.807, 2.05) is 0 Å². The number of aryl methyl sites for hydroxylation is 2. The molecule has 206 valence electrons. The molecule has 0 amide bonds. The molecule has 2 nitrogen and oxygen atoms in total. The van der Waals surface area contributed by atoms with Crippen molar-refractivity contribution < 1.29 is 0 Å². The lowest BCUT2D eigenvalue weighted by molar-refractivity contribution is 0.935. The lowest BCUT2D eigenvalue weighted by atomic mass is 9.95. The molecule has 4 aromatic carbocycles. The standard InChI is InChI=1S/C40H36N2/c1-3-11-32-28-36(23-18-29(32)2)41(33-12-5-4-6-13-33)34-24-19-30(20-25-34)31-21-26-35(27-22-31)42-39-16-9-7-14-37(39)38-15-8-10-17-40(38)42/h3-7,9-14,16-21,23-26,28H,8,15,22,27H2,1-2H3/b11-3-. The van der Waals surface area contributed by atoms with Gasteiger partial charge in [0.15, 0.2) is 0 Å². The number of hydrogen-bond acceptors (Lipinski definition) is 1. The van der Waals surface area contributed by atoms with Crippen molar-refractivity contribution >= 4 is 51.4 Å². The maximum absolute atomic E-state index is 2.50. The van der Waals surface area contributed by atoms with Crippen molar-refractivity contribution in [3.05, 3.63) is 149 Å². The Morgan fingerprint density at radius 3 is 2.29 bits per heavy atom. The summed E-state index contributed by atoms with van der Waals surface area (Å²) in [5.41, 5.74) is 14.2. The van der Waals surface area contributed by atoms with Gasteiger partial charge >= 0.3 is 0 Å². The molecule has 2 aliphatic carbocycles. The number of benzene rings is 4. The Balaban J connectivity index is 1.22. The fourth-order valence-corrected chi connectivity index (χ4v) is 6.52. The maximum Gasteiger partial charge on any atom is 0.0534 e. The van der Waals surface area contributed by atoms with Gasteiger partial charge in [-0.25, -0.2) is 0 Å². The molecule has 0 saturated heterocycles. The van der Waals surface area contributed by atoms with Crippen molar-refractivity contribution in [2.24, 2.45) is 0 Å². The van der Waals surface area contributed by atoms with Crippen molar-refractivity contribution in [2.45, 2.75) is 39.5 Å². The molecule has 1 heterocycles. The summed E-state index contributed by atoms with van der Waals surface area (Å²) in [6, 6.07) is 35.3. The molecule has 0 spiro atoms. The molecule has 7 rings (SSSR count). The van der Waals surface area contributed by atoms with E-state index >= 15 is 0 Å². The van der Waals surface area contributed by atoms with Gasteiger partial charge in [0.05, 0.1) is 5.52 Å². The number of aromatic nitrogens is 1. The van der Waals surface area contributed by atoms with E-state index in [1.165, 1.54) is 50.1 Å². The summed E-state index contributed by atoms with van der Waals surface area (Å²) in [6.07, 6.45) is 17.9. The van der Waals surface area contributed by atoms with Crippen molar-refractivity contribution in [3.8, 4) is 0 Å². The van der Waals surface area contributed by atoms with Crippen molar-refractivity contribution in [1.29, 1.82) is 0 Å². The predicted molar refractivity (Wildman–Crippen MR) is 181 cm³/mol.